The van der Waals surface area contributed by atoms with Gasteiger partial charge in [-0.15, -0.1) is 0 Å². The predicted molar refractivity (Wildman–Crippen MR) is 126 cm³/mol. The van der Waals surface area contributed by atoms with Crippen LogP contribution in [0, 0.1) is 0 Å². The molecule has 0 fully saturated rings. The maximum absolute atomic E-state index is 13.0. The van der Waals surface area contributed by atoms with Gasteiger partial charge in [0.1, 0.15) is 5.82 Å². The summed E-state index contributed by atoms with van der Waals surface area (Å²) in [7, 11) is 1.51. The van der Waals surface area contributed by atoms with Crippen molar-refractivity contribution < 1.29 is 17.6 Å². The Kier molecular flexibility index (Phi) is 5.70. The smallest absolute Gasteiger partial charge is 0.404 e. The minimum absolute atomic E-state index is 0.150. The summed E-state index contributed by atoms with van der Waals surface area (Å²) in [6.07, 6.45) is -0.394. The SMILES string of the molecule is CC(C)c1ncccc1-c1ncc2oc(=O)n(Cc3ccc(-c4nc(C(F)(F)F)cn4C)cc3)c2n1. The van der Waals surface area contributed by atoms with E-state index in [0.717, 1.165) is 23.0 Å². The van der Waals surface area contributed by atoms with Gasteiger partial charge in [0.25, 0.3) is 0 Å². The maximum atomic E-state index is 13.0. The van der Waals surface area contributed by atoms with E-state index in [9.17, 15) is 18.0 Å². The Morgan fingerprint density at radius 3 is 2.47 bits per heavy atom. The van der Waals surface area contributed by atoms with Gasteiger partial charge in [0, 0.05) is 30.6 Å². The number of fused-ring (bicyclic) bond motifs is 1. The standard InChI is InChI=1S/C25H21F3N6O2/c1-14(2)20-17(5-4-10-29-20)21-30-11-18-23(32-21)34(24(35)36-18)12-15-6-8-16(9-7-15)22-31-19(13-33(22)3)25(26,27)28/h4-11,13-14H,12H2,1-3H3. The molecule has 4 heterocycles. The van der Waals surface area contributed by atoms with Gasteiger partial charge in [-0.2, -0.15) is 13.2 Å². The van der Waals surface area contributed by atoms with E-state index in [0.29, 0.717) is 17.0 Å². The van der Waals surface area contributed by atoms with Crippen molar-refractivity contribution in [3.63, 3.8) is 0 Å². The molecule has 0 aliphatic rings. The van der Waals surface area contributed by atoms with Crippen molar-refractivity contribution in [1.29, 1.82) is 0 Å². The molecule has 0 saturated heterocycles. The van der Waals surface area contributed by atoms with Gasteiger partial charge in [-0.05, 0) is 23.6 Å². The molecule has 0 radical (unpaired) electrons. The number of hydrogen-bond acceptors (Lipinski definition) is 6. The van der Waals surface area contributed by atoms with Crippen molar-refractivity contribution in [3.05, 3.63) is 82.5 Å². The average molecular weight is 494 g/mol. The summed E-state index contributed by atoms with van der Waals surface area (Å²) >= 11 is 0. The van der Waals surface area contributed by atoms with E-state index >= 15 is 0 Å². The number of aromatic nitrogens is 6. The van der Waals surface area contributed by atoms with Crippen LogP contribution in [0.3, 0.4) is 0 Å². The first-order valence-corrected chi connectivity index (χ1v) is 11.1. The minimum Gasteiger partial charge on any atom is -0.404 e. The fraction of sp³-hybridized carbons (Fsp3) is 0.240. The van der Waals surface area contributed by atoms with E-state index in [-0.39, 0.29) is 23.9 Å². The fourth-order valence-corrected chi connectivity index (χ4v) is 4.01. The highest BCUT2D eigenvalue weighted by atomic mass is 19.4. The number of hydrogen-bond donors (Lipinski definition) is 0. The highest BCUT2D eigenvalue weighted by Crippen LogP contribution is 2.31. The normalized spacial score (nSPS) is 12.1. The van der Waals surface area contributed by atoms with E-state index in [1.165, 1.54) is 22.4 Å². The monoisotopic (exact) mass is 494 g/mol. The van der Waals surface area contributed by atoms with Crippen LogP contribution in [0.25, 0.3) is 34.0 Å². The molecule has 184 valence electrons. The first kappa shape index (κ1) is 23.5. The van der Waals surface area contributed by atoms with Gasteiger partial charge in [0.2, 0.25) is 0 Å². The lowest BCUT2D eigenvalue weighted by atomic mass is 10.0. The summed E-state index contributed by atoms with van der Waals surface area (Å²) in [5.74, 6) is 0.181. The summed E-state index contributed by atoms with van der Waals surface area (Å²) in [6.45, 7) is 4.20. The summed E-state index contributed by atoms with van der Waals surface area (Å²) in [5.41, 5.74) is 2.50. The van der Waals surface area contributed by atoms with Gasteiger partial charge in [0.15, 0.2) is 22.7 Å². The third kappa shape index (κ3) is 4.28. The van der Waals surface area contributed by atoms with Crippen LogP contribution in [-0.2, 0) is 19.8 Å². The zero-order chi connectivity index (χ0) is 25.6. The van der Waals surface area contributed by atoms with Gasteiger partial charge in [-0.3, -0.25) is 9.55 Å². The van der Waals surface area contributed by atoms with Gasteiger partial charge in [0.05, 0.1) is 18.4 Å². The molecular weight excluding hydrogens is 473 g/mol. The molecule has 0 aliphatic carbocycles. The Morgan fingerprint density at radius 1 is 1.06 bits per heavy atom. The molecule has 4 aromatic heterocycles. The number of alkyl halides is 3. The van der Waals surface area contributed by atoms with Crippen molar-refractivity contribution >= 4 is 11.2 Å². The maximum Gasteiger partial charge on any atom is 0.434 e. The number of benzene rings is 1. The number of halogens is 3. The van der Waals surface area contributed by atoms with Gasteiger partial charge in [-0.25, -0.2) is 19.7 Å². The molecule has 1 aromatic carbocycles. The quantitative estimate of drug-likeness (QED) is 0.340. The molecule has 0 bridgehead atoms. The summed E-state index contributed by atoms with van der Waals surface area (Å²) in [5, 5.41) is 0. The first-order chi connectivity index (χ1) is 17.1. The second-order valence-corrected chi connectivity index (χ2v) is 8.68. The van der Waals surface area contributed by atoms with Gasteiger partial charge in [-0.1, -0.05) is 38.1 Å². The molecule has 0 aliphatic heterocycles. The lowest BCUT2D eigenvalue weighted by Gasteiger charge is -2.10. The predicted octanol–water partition coefficient (Wildman–Crippen LogP) is 5.04. The number of oxazole rings is 1. The Bertz CT molecular complexity index is 1610. The zero-order valence-electron chi connectivity index (χ0n) is 19.6. The van der Waals surface area contributed by atoms with Crippen molar-refractivity contribution in [2.75, 3.05) is 0 Å². The molecule has 8 nitrogen and oxygen atoms in total. The molecular formula is C25H21F3N6O2. The molecule has 0 amide bonds. The Labute approximate surface area is 203 Å². The lowest BCUT2D eigenvalue weighted by Crippen LogP contribution is -2.15. The third-order valence-corrected chi connectivity index (χ3v) is 5.76. The Balaban J connectivity index is 1.48. The summed E-state index contributed by atoms with van der Waals surface area (Å²) in [6, 6.07) is 10.5. The van der Waals surface area contributed by atoms with Crippen LogP contribution in [0.5, 0.6) is 0 Å². The molecule has 11 heteroatoms. The van der Waals surface area contributed by atoms with E-state index in [1.807, 2.05) is 19.9 Å². The highest BCUT2D eigenvalue weighted by Gasteiger charge is 2.34. The van der Waals surface area contributed by atoms with Crippen LogP contribution in [0.15, 0.2) is 64.2 Å². The topological polar surface area (TPSA) is 91.6 Å². The highest BCUT2D eigenvalue weighted by molar-refractivity contribution is 5.71. The number of imidazole rings is 1. The Morgan fingerprint density at radius 2 is 1.81 bits per heavy atom. The number of pyridine rings is 1. The van der Waals surface area contributed by atoms with Crippen LogP contribution in [0.1, 0.15) is 36.7 Å². The number of nitrogens with zero attached hydrogens (tertiary/aromatic N) is 6. The Hall–Kier alpha value is -4.28. The summed E-state index contributed by atoms with van der Waals surface area (Å²) in [4.78, 5) is 29.7. The van der Waals surface area contributed by atoms with Crippen LogP contribution in [-0.4, -0.2) is 29.1 Å². The number of rotatable bonds is 5. The molecule has 0 spiro atoms. The zero-order valence-corrected chi connectivity index (χ0v) is 19.6. The van der Waals surface area contributed by atoms with Crippen LogP contribution < -0.4 is 5.76 Å². The molecule has 0 atom stereocenters. The second kappa shape index (κ2) is 8.74. The van der Waals surface area contributed by atoms with Gasteiger partial charge >= 0.3 is 11.9 Å². The third-order valence-electron chi connectivity index (χ3n) is 5.76. The van der Waals surface area contributed by atoms with E-state index in [4.69, 9.17) is 4.42 Å². The van der Waals surface area contributed by atoms with Crippen molar-refractivity contribution in [2.45, 2.75) is 32.5 Å². The van der Waals surface area contributed by atoms with Crippen LogP contribution in [0.4, 0.5) is 13.2 Å². The minimum atomic E-state index is -4.52. The molecule has 36 heavy (non-hydrogen) atoms. The van der Waals surface area contributed by atoms with Gasteiger partial charge < -0.3 is 8.98 Å². The van der Waals surface area contributed by atoms with Crippen molar-refractivity contribution in [2.24, 2.45) is 7.05 Å². The molecule has 0 saturated carbocycles. The largest absolute Gasteiger partial charge is 0.434 e. The van der Waals surface area contributed by atoms with Crippen LogP contribution in [0.2, 0.25) is 0 Å². The van der Waals surface area contributed by atoms with E-state index in [2.05, 4.69) is 19.9 Å². The van der Waals surface area contributed by atoms with Crippen molar-refractivity contribution in [1.82, 2.24) is 29.1 Å². The lowest BCUT2D eigenvalue weighted by molar-refractivity contribution is -0.140. The molecule has 0 N–H and O–H groups in total. The van der Waals surface area contributed by atoms with E-state index < -0.39 is 17.6 Å². The molecule has 0 unspecified atom stereocenters. The van der Waals surface area contributed by atoms with Crippen molar-refractivity contribution in [3.8, 4) is 22.8 Å². The second-order valence-electron chi connectivity index (χ2n) is 8.68. The molecule has 5 rings (SSSR count). The molecule has 5 aromatic rings. The fourth-order valence-electron chi connectivity index (χ4n) is 4.01. The number of aryl methyl sites for hydroxylation is 1. The van der Waals surface area contributed by atoms with Crippen LogP contribution >= 0.6 is 0 Å². The average Bonchev–Trinajstić information content (AvgIpc) is 3.39. The van der Waals surface area contributed by atoms with E-state index in [1.54, 1.807) is 36.5 Å². The summed E-state index contributed by atoms with van der Waals surface area (Å²) < 4.78 is 47.1. The first-order valence-electron chi connectivity index (χ1n) is 11.1.